The van der Waals surface area contributed by atoms with Gasteiger partial charge in [-0.05, 0) is 13.3 Å². The van der Waals surface area contributed by atoms with Gasteiger partial charge in [0.25, 0.3) is 0 Å². The molecular weight excluding hydrogens is 272 g/mol. The van der Waals surface area contributed by atoms with Crippen LogP contribution in [0.5, 0.6) is 0 Å². The Kier molecular flexibility index (Phi) is 4.82. The third-order valence-electron chi connectivity index (χ3n) is 3.86. The minimum Gasteiger partial charge on any atom is -0.480 e. The molecule has 1 atom stereocenters. The highest BCUT2D eigenvalue weighted by Gasteiger charge is 2.37. The first-order chi connectivity index (χ1) is 10.1. The number of fused-ring (bicyclic) bond motifs is 1. The number of nitrogens with one attached hydrogen (secondary N) is 1. The number of carbonyl (C=O) groups is 2. The number of imidazole rings is 1. The lowest BCUT2D eigenvalue weighted by molar-refractivity contribution is -0.143. The van der Waals surface area contributed by atoms with Gasteiger partial charge in [-0.15, -0.1) is 0 Å². The normalized spacial score (nSPS) is 17.4. The fourth-order valence-electron chi connectivity index (χ4n) is 2.58. The number of rotatable bonds is 5. The molecule has 7 nitrogen and oxygen atoms in total. The molecule has 116 valence electrons. The van der Waals surface area contributed by atoms with E-state index in [-0.39, 0.29) is 19.0 Å². The zero-order chi connectivity index (χ0) is 15.4. The van der Waals surface area contributed by atoms with Crippen molar-refractivity contribution in [2.45, 2.75) is 45.7 Å². The zero-order valence-electron chi connectivity index (χ0n) is 12.5. The highest BCUT2D eigenvalue weighted by molar-refractivity contribution is 5.83. The topological polar surface area (TPSA) is 89.5 Å². The molecule has 1 aromatic heterocycles. The highest BCUT2D eigenvalue weighted by atomic mass is 16.4. The number of hydrogen-bond donors (Lipinski definition) is 2. The van der Waals surface area contributed by atoms with Crippen LogP contribution in [0.25, 0.3) is 0 Å². The molecule has 0 spiro atoms. The summed E-state index contributed by atoms with van der Waals surface area (Å²) in [5.41, 5.74) is 1.57. The van der Waals surface area contributed by atoms with E-state index >= 15 is 0 Å². The van der Waals surface area contributed by atoms with Crippen LogP contribution in [0.2, 0.25) is 0 Å². The molecule has 0 saturated heterocycles. The minimum absolute atomic E-state index is 0.210. The first kappa shape index (κ1) is 15.3. The Morgan fingerprint density at radius 1 is 1.52 bits per heavy atom. The van der Waals surface area contributed by atoms with Crippen molar-refractivity contribution in [3.8, 4) is 0 Å². The second-order valence-corrected chi connectivity index (χ2v) is 5.23. The van der Waals surface area contributed by atoms with Gasteiger partial charge in [-0.1, -0.05) is 13.3 Å². The maximum atomic E-state index is 12.6. The van der Waals surface area contributed by atoms with Crippen LogP contribution in [0.4, 0.5) is 4.79 Å². The average Bonchev–Trinajstić information content (AvgIpc) is 2.93. The third kappa shape index (κ3) is 3.17. The molecule has 2 N–H and O–H groups in total. The molecule has 1 aliphatic rings. The number of carboxylic acid groups (broad SMARTS) is 1. The number of aliphatic carboxylic acids is 1. The predicted molar refractivity (Wildman–Crippen MR) is 76.8 cm³/mol. The summed E-state index contributed by atoms with van der Waals surface area (Å²) in [6.07, 6.45) is 3.72. The smallest absolute Gasteiger partial charge is 0.326 e. The van der Waals surface area contributed by atoms with Crippen molar-refractivity contribution < 1.29 is 14.7 Å². The van der Waals surface area contributed by atoms with Crippen LogP contribution in [0.15, 0.2) is 6.33 Å². The van der Waals surface area contributed by atoms with Crippen molar-refractivity contribution in [3.63, 3.8) is 0 Å². The average molecular weight is 294 g/mol. The Morgan fingerprint density at radius 2 is 2.29 bits per heavy atom. The second-order valence-electron chi connectivity index (χ2n) is 5.23. The Balaban J connectivity index is 2.19. The third-order valence-corrected chi connectivity index (χ3v) is 3.86. The van der Waals surface area contributed by atoms with Crippen LogP contribution in [0.3, 0.4) is 0 Å². The molecule has 1 aromatic rings. The molecule has 2 heterocycles. The fraction of sp³-hybridized carbons (Fsp3) is 0.643. The first-order valence-corrected chi connectivity index (χ1v) is 7.37. The van der Waals surface area contributed by atoms with Gasteiger partial charge < -0.3 is 19.9 Å². The summed E-state index contributed by atoms with van der Waals surface area (Å²) in [5.74, 6) is -0.983. The van der Waals surface area contributed by atoms with Crippen molar-refractivity contribution in [2.24, 2.45) is 0 Å². The standard InChI is InChI=1S/C14H22N4O3/c1-3-5-6-17(4-2)14(21)18-8-11-10(15-9-16-11)7-12(18)13(19)20/h9,12H,3-8H2,1-2H3,(H,15,16)(H,19,20). The molecule has 0 fully saturated rings. The number of nitrogens with zero attached hydrogens (tertiary/aromatic N) is 3. The van der Waals surface area contributed by atoms with Gasteiger partial charge in [0.05, 0.1) is 24.3 Å². The lowest BCUT2D eigenvalue weighted by Crippen LogP contribution is -2.53. The van der Waals surface area contributed by atoms with E-state index in [0.717, 1.165) is 24.2 Å². The van der Waals surface area contributed by atoms with Gasteiger partial charge in [0.1, 0.15) is 6.04 Å². The summed E-state index contributed by atoms with van der Waals surface area (Å²) in [6, 6.07) is -1.05. The number of hydrogen-bond acceptors (Lipinski definition) is 3. The molecule has 0 bridgehead atoms. The van der Waals surface area contributed by atoms with Gasteiger partial charge in [0.15, 0.2) is 0 Å². The number of aromatic nitrogens is 2. The molecule has 1 unspecified atom stereocenters. The van der Waals surface area contributed by atoms with Crippen LogP contribution < -0.4 is 0 Å². The van der Waals surface area contributed by atoms with Crippen LogP contribution in [-0.4, -0.2) is 56.0 Å². The van der Waals surface area contributed by atoms with Gasteiger partial charge in [0, 0.05) is 19.5 Å². The number of aromatic amines is 1. The highest BCUT2D eigenvalue weighted by Crippen LogP contribution is 2.22. The second kappa shape index (κ2) is 6.60. The van der Waals surface area contributed by atoms with Crippen LogP contribution in [-0.2, 0) is 17.8 Å². The zero-order valence-corrected chi connectivity index (χ0v) is 12.5. The molecule has 7 heteroatoms. The number of carboxylic acids is 1. The van der Waals surface area contributed by atoms with Gasteiger partial charge in [-0.25, -0.2) is 14.6 Å². The Labute approximate surface area is 124 Å². The molecule has 21 heavy (non-hydrogen) atoms. The molecule has 0 saturated carbocycles. The summed E-state index contributed by atoms with van der Waals surface area (Å²) in [7, 11) is 0. The number of unbranched alkanes of at least 4 members (excludes halogenated alkanes) is 1. The first-order valence-electron chi connectivity index (χ1n) is 7.37. The van der Waals surface area contributed by atoms with Crippen LogP contribution in [0, 0.1) is 0 Å². The van der Waals surface area contributed by atoms with Crippen molar-refractivity contribution in [1.29, 1.82) is 0 Å². The summed E-state index contributed by atoms with van der Waals surface area (Å²) in [5, 5.41) is 9.40. The maximum absolute atomic E-state index is 12.6. The van der Waals surface area contributed by atoms with E-state index < -0.39 is 12.0 Å². The van der Waals surface area contributed by atoms with Gasteiger partial charge in [-0.2, -0.15) is 0 Å². The quantitative estimate of drug-likeness (QED) is 0.860. The van der Waals surface area contributed by atoms with E-state index in [2.05, 4.69) is 16.9 Å². The fourth-order valence-corrected chi connectivity index (χ4v) is 2.58. The van der Waals surface area contributed by atoms with E-state index in [0.29, 0.717) is 13.1 Å². The summed E-state index contributed by atoms with van der Waals surface area (Å²) < 4.78 is 0. The van der Waals surface area contributed by atoms with Gasteiger partial charge in [-0.3, -0.25) is 0 Å². The van der Waals surface area contributed by atoms with Gasteiger partial charge >= 0.3 is 12.0 Å². The van der Waals surface area contributed by atoms with E-state index in [4.69, 9.17) is 0 Å². The SMILES string of the molecule is CCCCN(CC)C(=O)N1Cc2[nH]cnc2CC1C(=O)O. The number of carbonyl (C=O) groups excluding carboxylic acids is 1. The summed E-state index contributed by atoms with van der Waals surface area (Å²) >= 11 is 0. The predicted octanol–water partition coefficient (Wildman–Crippen LogP) is 1.46. The Morgan fingerprint density at radius 3 is 2.90 bits per heavy atom. The summed E-state index contributed by atoms with van der Waals surface area (Å²) in [6.45, 7) is 5.49. The van der Waals surface area contributed by atoms with Gasteiger partial charge in [0.2, 0.25) is 0 Å². The van der Waals surface area contributed by atoms with E-state index in [1.807, 2.05) is 6.92 Å². The summed E-state index contributed by atoms with van der Waals surface area (Å²) in [4.78, 5) is 34.4. The molecule has 0 aliphatic carbocycles. The van der Waals surface area contributed by atoms with E-state index in [1.54, 1.807) is 11.2 Å². The van der Waals surface area contributed by atoms with E-state index in [1.165, 1.54) is 4.90 Å². The Bertz CT molecular complexity index is 514. The molecule has 0 aromatic carbocycles. The lowest BCUT2D eigenvalue weighted by atomic mass is 10.0. The van der Waals surface area contributed by atoms with Crippen molar-refractivity contribution in [3.05, 3.63) is 17.7 Å². The van der Waals surface area contributed by atoms with E-state index in [9.17, 15) is 14.7 Å². The number of urea groups is 1. The molecular formula is C14H22N4O3. The number of H-pyrrole nitrogens is 1. The van der Waals surface area contributed by atoms with Crippen LogP contribution in [0.1, 0.15) is 38.1 Å². The minimum atomic E-state index is -0.983. The maximum Gasteiger partial charge on any atom is 0.326 e. The lowest BCUT2D eigenvalue weighted by Gasteiger charge is -2.36. The van der Waals surface area contributed by atoms with Crippen LogP contribution >= 0.6 is 0 Å². The Hall–Kier alpha value is -2.05. The molecule has 2 amide bonds. The molecule has 0 radical (unpaired) electrons. The van der Waals surface area contributed by atoms with Crippen molar-refractivity contribution in [2.75, 3.05) is 13.1 Å². The van der Waals surface area contributed by atoms with Crippen molar-refractivity contribution >= 4 is 12.0 Å². The monoisotopic (exact) mass is 294 g/mol. The largest absolute Gasteiger partial charge is 0.480 e. The number of amides is 2. The molecule has 1 aliphatic heterocycles. The molecule has 2 rings (SSSR count). The van der Waals surface area contributed by atoms with Crippen molar-refractivity contribution in [1.82, 2.24) is 19.8 Å².